The van der Waals surface area contributed by atoms with Gasteiger partial charge < -0.3 is 10.2 Å². The molecule has 104 valence electrons. The van der Waals surface area contributed by atoms with E-state index in [1.54, 1.807) is 6.20 Å². The first-order chi connectivity index (χ1) is 9.28. The van der Waals surface area contributed by atoms with Crippen LogP contribution >= 0.6 is 11.5 Å². The van der Waals surface area contributed by atoms with Crippen molar-refractivity contribution in [2.75, 3.05) is 6.54 Å². The van der Waals surface area contributed by atoms with Gasteiger partial charge in [-0.25, -0.2) is 0 Å². The van der Waals surface area contributed by atoms with Gasteiger partial charge in [-0.3, -0.25) is 4.79 Å². The van der Waals surface area contributed by atoms with Crippen LogP contribution in [0.25, 0.3) is 0 Å². The van der Waals surface area contributed by atoms with Crippen molar-refractivity contribution in [3.8, 4) is 0 Å². The molecule has 2 fully saturated rings. The number of nitrogens with zero attached hydrogens (tertiary/aromatic N) is 3. The number of nitrogens with one attached hydrogen (secondary N) is 1. The van der Waals surface area contributed by atoms with E-state index in [1.807, 2.05) is 0 Å². The van der Waals surface area contributed by atoms with Crippen LogP contribution in [0.5, 0.6) is 0 Å². The molecular formula is C13H20N4OS. The number of carbonyl (C=O) groups is 1. The minimum atomic E-state index is 0.114. The normalized spacial score (nSPS) is 29.4. The summed E-state index contributed by atoms with van der Waals surface area (Å²) in [5.74, 6) is 0.114. The lowest BCUT2D eigenvalue weighted by molar-refractivity contribution is 0.0621. The summed E-state index contributed by atoms with van der Waals surface area (Å²) in [6.07, 6.45) is 7.29. The van der Waals surface area contributed by atoms with Crippen molar-refractivity contribution in [1.82, 2.24) is 19.8 Å². The number of hydrogen-bond donors (Lipinski definition) is 1. The number of piperidine rings is 1. The van der Waals surface area contributed by atoms with E-state index in [1.165, 1.54) is 24.4 Å². The van der Waals surface area contributed by atoms with Gasteiger partial charge in [-0.05, 0) is 43.6 Å². The van der Waals surface area contributed by atoms with Crippen LogP contribution in [0, 0.1) is 0 Å². The topological polar surface area (TPSA) is 58.1 Å². The van der Waals surface area contributed by atoms with Crippen LogP contribution in [0.2, 0.25) is 0 Å². The summed E-state index contributed by atoms with van der Waals surface area (Å²) in [7, 11) is 0. The smallest absolute Gasteiger partial charge is 0.267 e. The molecule has 0 saturated carbocycles. The molecule has 0 aromatic carbocycles. The summed E-state index contributed by atoms with van der Waals surface area (Å²) in [6, 6.07) is 1.60. The van der Waals surface area contributed by atoms with Crippen molar-refractivity contribution in [2.45, 2.75) is 57.2 Å². The summed E-state index contributed by atoms with van der Waals surface area (Å²) >= 11 is 1.20. The first kappa shape index (κ1) is 13.0. The van der Waals surface area contributed by atoms with Crippen molar-refractivity contribution in [1.29, 1.82) is 0 Å². The summed E-state index contributed by atoms with van der Waals surface area (Å²) in [5.41, 5.74) is 0. The Bertz CT molecular complexity index is 424. The third-order valence-corrected chi connectivity index (χ3v) is 4.84. The lowest BCUT2D eigenvalue weighted by Gasteiger charge is -2.37. The average Bonchev–Trinajstić information content (AvgIpc) is 3.05. The fourth-order valence-electron chi connectivity index (χ4n) is 3.38. The number of aromatic nitrogens is 2. The van der Waals surface area contributed by atoms with Crippen molar-refractivity contribution in [3.63, 3.8) is 0 Å². The number of hydrogen-bond acceptors (Lipinski definition) is 5. The molecule has 2 atom stereocenters. The molecule has 2 aliphatic heterocycles. The largest absolute Gasteiger partial charge is 0.335 e. The van der Waals surface area contributed by atoms with Gasteiger partial charge in [0.05, 0.1) is 6.20 Å². The van der Waals surface area contributed by atoms with E-state index in [-0.39, 0.29) is 5.91 Å². The Balaban J connectivity index is 1.75. The van der Waals surface area contributed by atoms with Crippen LogP contribution in [0.4, 0.5) is 0 Å². The van der Waals surface area contributed by atoms with Gasteiger partial charge in [0, 0.05) is 24.7 Å². The van der Waals surface area contributed by atoms with Gasteiger partial charge in [-0.2, -0.15) is 0 Å². The fraction of sp³-hybridized carbons (Fsp3) is 0.769. The van der Waals surface area contributed by atoms with E-state index < -0.39 is 0 Å². The van der Waals surface area contributed by atoms with Gasteiger partial charge in [0.1, 0.15) is 4.88 Å². The predicted molar refractivity (Wildman–Crippen MR) is 74.2 cm³/mol. The molecule has 1 aromatic rings. The molecule has 0 spiro atoms. The molecule has 1 amide bonds. The van der Waals surface area contributed by atoms with Gasteiger partial charge >= 0.3 is 0 Å². The number of rotatable bonds is 4. The highest BCUT2D eigenvalue weighted by molar-refractivity contribution is 7.07. The monoisotopic (exact) mass is 280 g/mol. The molecule has 2 saturated heterocycles. The zero-order chi connectivity index (χ0) is 13.2. The highest BCUT2D eigenvalue weighted by atomic mass is 32.1. The maximum Gasteiger partial charge on any atom is 0.267 e. The molecule has 1 N–H and O–H groups in total. The highest BCUT2D eigenvalue weighted by Gasteiger charge is 2.37. The predicted octanol–water partition coefficient (Wildman–Crippen LogP) is 1.67. The van der Waals surface area contributed by atoms with Crippen LogP contribution in [-0.4, -0.2) is 45.1 Å². The molecule has 2 bridgehead atoms. The summed E-state index contributed by atoms with van der Waals surface area (Å²) < 4.78 is 3.80. The molecule has 3 rings (SSSR count). The van der Waals surface area contributed by atoms with Gasteiger partial charge in [-0.15, -0.1) is 5.10 Å². The lowest BCUT2D eigenvalue weighted by Crippen LogP contribution is -2.50. The Hall–Kier alpha value is -1.01. The second kappa shape index (κ2) is 5.54. The molecular weight excluding hydrogens is 260 g/mol. The van der Waals surface area contributed by atoms with Gasteiger partial charge in [-0.1, -0.05) is 11.4 Å². The maximum atomic E-state index is 12.6. The Labute approximate surface area is 117 Å². The number of fused-ring (bicyclic) bond motifs is 2. The average molecular weight is 280 g/mol. The van der Waals surface area contributed by atoms with Crippen LogP contribution in [0.3, 0.4) is 0 Å². The SMILES string of the molecule is CCCN(C(=O)c1cnns1)C1CC2CCC(C1)N2. The second-order valence-corrected chi connectivity index (χ2v) is 6.33. The van der Waals surface area contributed by atoms with E-state index in [9.17, 15) is 4.79 Å². The van der Waals surface area contributed by atoms with Crippen molar-refractivity contribution in [2.24, 2.45) is 0 Å². The number of amides is 1. The van der Waals surface area contributed by atoms with Crippen LogP contribution in [-0.2, 0) is 0 Å². The van der Waals surface area contributed by atoms with Crippen molar-refractivity contribution >= 4 is 17.4 Å². The zero-order valence-corrected chi connectivity index (χ0v) is 12.0. The fourth-order valence-corrected chi connectivity index (χ4v) is 3.85. The second-order valence-electron chi connectivity index (χ2n) is 5.54. The van der Waals surface area contributed by atoms with Gasteiger partial charge in [0.15, 0.2) is 0 Å². The molecule has 2 unspecified atom stereocenters. The molecule has 19 heavy (non-hydrogen) atoms. The Morgan fingerprint density at radius 1 is 1.47 bits per heavy atom. The van der Waals surface area contributed by atoms with Crippen molar-refractivity contribution in [3.05, 3.63) is 11.1 Å². The summed E-state index contributed by atoms with van der Waals surface area (Å²) in [6.45, 7) is 2.96. The molecule has 0 aliphatic carbocycles. The highest BCUT2D eigenvalue weighted by Crippen LogP contribution is 2.30. The van der Waals surface area contributed by atoms with E-state index >= 15 is 0 Å². The molecule has 0 radical (unpaired) electrons. The molecule has 3 heterocycles. The summed E-state index contributed by atoms with van der Waals surface area (Å²) in [4.78, 5) is 15.3. The quantitative estimate of drug-likeness (QED) is 0.911. The Kier molecular flexibility index (Phi) is 3.79. The Morgan fingerprint density at radius 2 is 2.21 bits per heavy atom. The maximum absolute atomic E-state index is 12.6. The van der Waals surface area contributed by atoms with Crippen LogP contribution < -0.4 is 5.32 Å². The van der Waals surface area contributed by atoms with E-state index in [0.717, 1.165) is 25.8 Å². The van der Waals surface area contributed by atoms with Gasteiger partial charge in [0.25, 0.3) is 5.91 Å². The third-order valence-electron chi connectivity index (χ3n) is 4.19. The van der Waals surface area contributed by atoms with E-state index in [2.05, 4.69) is 26.7 Å². The molecule has 1 aromatic heterocycles. The lowest BCUT2D eigenvalue weighted by atomic mass is 9.97. The van der Waals surface area contributed by atoms with Crippen LogP contribution in [0.1, 0.15) is 48.7 Å². The summed E-state index contributed by atoms with van der Waals surface area (Å²) in [5, 5.41) is 7.41. The van der Waals surface area contributed by atoms with E-state index in [0.29, 0.717) is 23.0 Å². The minimum Gasteiger partial charge on any atom is -0.335 e. The van der Waals surface area contributed by atoms with Crippen molar-refractivity contribution < 1.29 is 4.79 Å². The van der Waals surface area contributed by atoms with E-state index in [4.69, 9.17) is 0 Å². The molecule has 2 aliphatic rings. The first-order valence-electron chi connectivity index (χ1n) is 7.12. The standard InChI is InChI=1S/C13H20N4OS/c1-2-5-17(13(18)12-8-14-16-19-12)11-6-9-3-4-10(7-11)15-9/h8-11,15H,2-7H2,1H3. The zero-order valence-electron chi connectivity index (χ0n) is 11.2. The molecule has 6 heteroatoms. The molecule has 5 nitrogen and oxygen atoms in total. The minimum absolute atomic E-state index is 0.114. The van der Waals surface area contributed by atoms with Gasteiger partial charge in [0.2, 0.25) is 0 Å². The Morgan fingerprint density at radius 3 is 2.79 bits per heavy atom. The number of carbonyl (C=O) groups excluding carboxylic acids is 1. The van der Waals surface area contributed by atoms with Crippen LogP contribution in [0.15, 0.2) is 6.20 Å². The first-order valence-corrected chi connectivity index (χ1v) is 7.89. The third kappa shape index (κ3) is 2.65.